The second-order valence-corrected chi connectivity index (χ2v) is 5.16. The molecule has 2 rings (SSSR count). The number of ketones is 1. The summed E-state index contributed by atoms with van der Waals surface area (Å²) in [5.74, 6) is -2.31. The van der Waals surface area contributed by atoms with E-state index in [0.29, 0.717) is 12.1 Å². The lowest BCUT2D eigenvalue weighted by Crippen LogP contribution is -2.35. The van der Waals surface area contributed by atoms with Gasteiger partial charge in [0.1, 0.15) is 0 Å². The Labute approximate surface area is 135 Å². The van der Waals surface area contributed by atoms with Crippen LogP contribution in [0.3, 0.4) is 0 Å². The second kappa shape index (κ2) is 7.90. The average molecular weight is 306 g/mol. The minimum absolute atomic E-state index is 0.364. The Balaban J connectivity index is 2.16. The van der Waals surface area contributed by atoms with Gasteiger partial charge < -0.3 is 5.32 Å². The molecule has 1 amide bonds. The molecular formula is C19H18N2O2. The highest BCUT2D eigenvalue weighted by atomic mass is 16.2. The Morgan fingerprint density at radius 1 is 1.04 bits per heavy atom. The van der Waals surface area contributed by atoms with Crippen molar-refractivity contribution >= 4 is 11.7 Å². The molecule has 0 aromatic heterocycles. The molecule has 4 heteroatoms. The fourth-order valence-electron chi connectivity index (χ4n) is 2.21. The summed E-state index contributed by atoms with van der Waals surface area (Å²) in [4.78, 5) is 24.2. The molecule has 0 saturated heterocycles. The molecule has 0 spiro atoms. The van der Waals surface area contributed by atoms with E-state index in [1.165, 1.54) is 0 Å². The Bertz CT molecular complexity index is 715. The Morgan fingerprint density at radius 3 is 2.22 bits per heavy atom. The van der Waals surface area contributed by atoms with Crippen LogP contribution in [-0.4, -0.2) is 18.2 Å². The maximum Gasteiger partial charge on any atom is 0.245 e. The van der Waals surface area contributed by atoms with Gasteiger partial charge in [-0.1, -0.05) is 61.5 Å². The molecule has 0 aliphatic rings. The zero-order valence-electron chi connectivity index (χ0n) is 13.0. The number of nitriles is 1. The van der Waals surface area contributed by atoms with Crippen LogP contribution in [0.25, 0.3) is 11.1 Å². The van der Waals surface area contributed by atoms with Gasteiger partial charge in [-0.15, -0.1) is 0 Å². The number of benzene rings is 2. The highest BCUT2D eigenvalue weighted by Gasteiger charge is 2.27. The fraction of sp³-hybridized carbons (Fsp3) is 0.211. The Morgan fingerprint density at radius 2 is 1.65 bits per heavy atom. The topological polar surface area (TPSA) is 70.0 Å². The van der Waals surface area contributed by atoms with Gasteiger partial charge in [-0.2, -0.15) is 5.26 Å². The van der Waals surface area contributed by atoms with Crippen molar-refractivity contribution in [3.63, 3.8) is 0 Å². The molecule has 116 valence electrons. The summed E-state index contributed by atoms with van der Waals surface area (Å²) in [6, 6.07) is 18.5. The molecular weight excluding hydrogens is 288 g/mol. The molecule has 1 unspecified atom stereocenters. The van der Waals surface area contributed by atoms with E-state index in [2.05, 4.69) is 5.32 Å². The van der Waals surface area contributed by atoms with Crippen LogP contribution in [-0.2, 0) is 4.79 Å². The smallest absolute Gasteiger partial charge is 0.245 e. The van der Waals surface area contributed by atoms with E-state index in [9.17, 15) is 9.59 Å². The van der Waals surface area contributed by atoms with Crippen LogP contribution in [0.15, 0.2) is 54.6 Å². The molecule has 1 N–H and O–H groups in total. The first kappa shape index (κ1) is 16.4. The van der Waals surface area contributed by atoms with Crippen LogP contribution in [0.1, 0.15) is 23.7 Å². The maximum atomic E-state index is 12.3. The van der Waals surface area contributed by atoms with Crippen LogP contribution in [0.4, 0.5) is 0 Å². The van der Waals surface area contributed by atoms with Crippen molar-refractivity contribution in [3.05, 3.63) is 60.2 Å². The van der Waals surface area contributed by atoms with Crippen molar-refractivity contribution in [2.45, 2.75) is 13.3 Å². The van der Waals surface area contributed by atoms with Gasteiger partial charge >= 0.3 is 0 Å². The van der Waals surface area contributed by atoms with E-state index < -0.39 is 17.6 Å². The van der Waals surface area contributed by atoms with Crippen LogP contribution in [0, 0.1) is 17.2 Å². The third kappa shape index (κ3) is 4.04. The van der Waals surface area contributed by atoms with Gasteiger partial charge in [0, 0.05) is 12.1 Å². The molecule has 4 nitrogen and oxygen atoms in total. The van der Waals surface area contributed by atoms with Gasteiger partial charge in [-0.25, -0.2) is 0 Å². The summed E-state index contributed by atoms with van der Waals surface area (Å²) in [5, 5.41) is 11.7. The van der Waals surface area contributed by atoms with Crippen LogP contribution in [0.5, 0.6) is 0 Å². The number of nitrogens with one attached hydrogen (secondary N) is 1. The van der Waals surface area contributed by atoms with Crippen molar-refractivity contribution in [2.75, 3.05) is 6.54 Å². The number of amides is 1. The molecule has 2 aromatic rings. The van der Waals surface area contributed by atoms with Crippen molar-refractivity contribution in [2.24, 2.45) is 5.92 Å². The lowest BCUT2D eigenvalue weighted by atomic mass is 9.96. The zero-order valence-corrected chi connectivity index (χ0v) is 13.0. The Kier molecular flexibility index (Phi) is 5.65. The van der Waals surface area contributed by atoms with Crippen molar-refractivity contribution < 1.29 is 9.59 Å². The first-order valence-corrected chi connectivity index (χ1v) is 7.54. The zero-order chi connectivity index (χ0) is 16.7. The highest BCUT2D eigenvalue weighted by Crippen LogP contribution is 2.20. The predicted molar refractivity (Wildman–Crippen MR) is 88.6 cm³/mol. The molecule has 0 heterocycles. The number of carbonyl (C=O) groups excluding carboxylic acids is 2. The summed E-state index contributed by atoms with van der Waals surface area (Å²) in [7, 11) is 0. The van der Waals surface area contributed by atoms with Gasteiger partial charge in [0.05, 0.1) is 6.07 Å². The van der Waals surface area contributed by atoms with Crippen LogP contribution in [0.2, 0.25) is 0 Å². The molecule has 23 heavy (non-hydrogen) atoms. The molecule has 0 aliphatic carbocycles. The summed E-state index contributed by atoms with van der Waals surface area (Å²) in [6.07, 6.45) is 0.754. The molecule has 0 radical (unpaired) electrons. The van der Waals surface area contributed by atoms with E-state index in [1.54, 1.807) is 18.2 Å². The number of hydrogen-bond donors (Lipinski definition) is 1. The first-order valence-electron chi connectivity index (χ1n) is 7.54. The second-order valence-electron chi connectivity index (χ2n) is 5.16. The minimum atomic E-state index is -1.30. The number of nitrogens with zero attached hydrogens (tertiary/aromatic N) is 1. The molecule has 1 atom stereocenters. The number of hydrogen-bond acceptors (Lipinski definition) is 3. The van der Waals surface area contributed by atoms with Gasteiger partial charge in [0.25, 0.3) is 0 Å². The quantitative estimate of drug-likeness (QED) is 0.658. The van der Waals surface area contributed by atoms with Crippen molar-refractivity contribution in [1.82, 2.24) is 5.32 Å². The SMILES string of the molecule is CCCNC(=O)C(C#N)C(=O)c1ccc(-c2ccccc2)cc1. The standard InChI is InChI=1S/C19H18N2O2/c1-2-12-21-19(23)17(13-20)18(22)16-10-8-15(9-11-16)14-6-4-3-5-7-14/h3-11,17H,2,12H2,1H3,(H,21,23). The van der Waals surface area contributed by atoms with E-state index in [-0.39, 0.29) is 0 Å². The lowest BCUT2D eigenvalue weighted by Gasteiger charge is -2.09. The molecule has 2 aromatic carbocycles. The van der Waals surface area contributed by atoms with Gasteiger partial charge in [0.15, 0.2) is 11.7 Å². The number of rotatable bonds is 6. The number of Topliss-reactive ketones (excluding diaryl/α,β-unsaturated/α-hetero) is 1. The summed E-state index contributed by atoms with van der Waals surface area (Å²) < 4.78 is 0. The van der Waals surface area contributed by atoms with E-state index >= 15 is 0 Å². The molecule has 0 bridgehead atoms. The minimum Gasteiger partial charge on any atom is -0.355 e. The maximum absolute atomic E-state index is 12.3. The molecule has 0 saturated carbocycles. The third-order valence-electron chi connectivity index (χ3n) is 3.48. The first-order chi connectivity index (χ1) is 11.2. The van der Waals surface area contributed by atoms with E-state index in [1.807, 2.05) is 49.4 Å². The number of carbonyl (C=O) groups is 2. The largest absolute Gasteiger partial charge is 0.355 e. The fourth-order valence-corrected chi connectivity index (χ4v) is 2.21. The van der Waals surface area contributed by atoms with Crippen LogP contribution < -0.4 is 5.32 Å². The lowest BCUT2D eigenvalue weighted by molar-refractivity contribution is -0.122. The van der Waals surface area contributed by atoms with E-state index in [4.69, 9.17) is 5.26 Å². The normalized spacial score (nSPS) is 11.3. The van der Waals surface area contributed by atoms with Crippen LogP contribution >= 0.6 is 0 Å². The molecule has 0 aliphatic heterocycles. The van der Waals surface area contributed by atoms with Gasteiger partial charge in [-0.05, 0) is 17.5 Å². The Hall–Kier alpha value is -2.93. The van der Waals surface area contributed by atoms with Crippen molar-refractivity contribution in [1.29, 1.82) is 5.26 Å². The summed E-state index contributed by atoms with van der Waals surface area (Å²) in [6.45, 7) is 2.36. The van der Waals surface area contributed by atoms with Gasteiger partial charge in [0.2, 0.25) is 5.91 Å². The predicted octanol–water partition coefficient (Wildman–Crippen LogP) is 3.20. The average Bonchev–Trinajstić information content (AvgIpc) is 2.61. The van der Waals surface area contributed by atoms with Gasteiger partial charge in [-0.3, -0.25) is 9.59 Å². The monoisotopic (exact) mass is 306 g/mol. The van der Waals surface area contributed by atoms with Crippen molar-refractivity contribution in [3.8, 4) is 17.2 Å². The summed E-state index contributed by atoms with van der Waals surface area (Å²) >= 11 is 0. The highest BCUT2D eigenvalue weighted by molar-refractivity contribution is 6.12. The van der Waals surface area contributed by atoms with E-state index in [0.717, 1.165) is 17.5 Å². The summed E-state index contributed by atoms with van der Waals surface area (Å²) in [5.41, 5.74) is 2.39. The molecule has 0 fully saturated rings. The third-order valence-corrected chi connectivity index (χ3v) is 3.48.